The fraction of sp³-hybridized carbons (Fsp3) is 0.938. The summed E-state index contributed by atoms with van der Waals surface area (Å²) in [7, 11) is 0. The number of β-amino-alcohol motifs (C(OH)–C–C–N with tert-alkyl or cyclic N) is 1. The lowest BCUT2D eigenvalue weighted by Gasteiger charge is -2.36. The normalized spacial score (nSPS) is 18.3. The first-order valence-electron chi connectivity index (χ1n) is 8.28. The second kappa shape index (κ2) is 9.33. The minimum atomic E-state index is -0.468. The number of carbonyl (C=O) groups excluding carboxylic acids is 1. The molecule has 0 aromatic carbocycles. The maximum Gasteiger partial charge on any atom is 0.410 e. The highest BCUT2D eigenvalue weighted by molar-refractivity contribution is 5.68. The number of unbranched alkanes of at least 4 members (excludes halogenated alkanes) is 1. The van der Waals surface area contributed by atoms with Crippen LogP contribution >= 0.6 is 0 Å². The van der Waals surface area contributed by atoms with Crippen LogP contribution in [0, 0.1) is 0 Å². The van der Waals surface area contributed by atoms with Crippen molar-refractivity contribution in [2.24, 2.45) is 0 Å². The number of hydrogen-bond acceptors (Lipinski definition) is 5. The first-order chi connectivity index (χ1) is 10.3. The molecule has 0 spiro atoms. The maximum absolute atomic E-state index is 12.0. The zero-order valence-corrected chi connectivity index (χ0v) is 14.5. The van der Waals surface area contributed by atoms with E-state index in [1.165, 1.54) is 0 Å². The molecule has 1 saturated heterocycles. The molecule has 6 heteroatoms. The van der Waals surface area contributed by atoms with E-state index in [0.29, 0.717) is 32.8 Å². The third kappa shape index (κ3) is 7.96. The van der Waals surface area contributed by atoms with Gasteiger partial charge in [0.2, 0.25) is 0 Å². The summed E-state index contributed by atoms with van der Waals surface area (Å²) in [6.45, 7) is 12.2. The van der Waals surface area contributed by atoms with Gasteiger partial charge < -0.3 is 19.5 Å². The number of aliphatic hydroxyl groups excluding tert-OH is 1. The number of piperazine rings is 1. The van der Waals surface area contributed by atoms with E-state index in [0.717, 1.165) is 25.9 Å². The van der Waals surface area contributed by atoms with E-state index in [1.807, 2.05) is 20.8 Å². The number of rotatable bonds is 7. The van der Waals surface area contributed by atoms with Gasteiger partial charge in [-0.25, -0.2) is 4.79 Å². The van der Waals surface area contributed by atoms with E-state index >= 15 is 0 Å². The van der Waals surface area contributed by atoms with E-state index < -0.39 is 11.7 Å². The van der Waals surface area contributed by atoms with Crippen LogP contribution in [0.25, 0.3) is 0 Å². The average Bonchev–Trinajstić information content (AvgIpc) is 2.42. The van der Waals surface area contributed by atoms with Crippen LogP contribution in [-0.2, 0) is 9.47 Å². The largest absolute Gasteiger partial charge is 0.444 e. The molecule has 6 nitrogen and oxygen atoms in total. The Balaban J connectivity index is 2.20. The van der Waals surface area contributed by atoms with Crippen LogP contribution in [0.2, 0.25) is 0 Å². The molecule has 1 atom stereocenters. The van der Waals surface area contributed by atoms with Crippen molar-refractivity contribution in [3.05, 3.63) is 0 Å². The Morgan fingerprint density at radius 2 is 1.86 bits per heavy atom. The van der Waals surface area contributed by atoms with Crippen molar-refractivity contribution < 1.29 is 19.4 Å². The molecule has 0 aromatic heterocycles. The number of amides is 1. The molecule has 1 heterocycles. The first kappa shape index (κ1) is 19.2. The molecule has 0 aliphatic carbocycles. The molecule has 1 unspecified atom stereocenters. The molecule has 0 bridgehead atoms. The van der Waals surface area contributed by atoms with Crippen molar-refractivity contribution in [2.45, 2.75) is 52.2 Å². The first-order valence-corrected chi connectivity index (χ1v) is 8.28. The quantitative estimate of drug-likeness (QED) is 0.725. The summed E-state index contributed by atoms with van der Waals surface area (Å²) < 4.78 is 10.8. The van der Waals surface area contributed by atoms with E-state index in [1.54, 1.807) is 4.90 Å². The van der Waals surface area contributed by atoms with Gasteiger partial charge in [0, 0.05) is 39.3 Å². The van der Waals surface area contributed by atoms with Gasteiger partial charge in [-0.2, -0.15) is 0 Å². The molecule has 130 valence electrons. The Labute approximate surface area is 134 Å². The van der Waals surface area contributed by atoms with Gasteiger partial charge in [-0.05, 0) is 27.2 Å². The lowest BCUT2D eigenvalue weighted by atomic mass is 10.2. The highest BCUT2D eigenvalue weighted by Crippen LogP contribution is 2.12. The zero-order chi connectivity index (χ0) is 16.6. The maximum atomic E-state index is 12.0. The fourth-order valence-corrected chi connectivity index (χ4v) is 2.26. The molecule has 1 N–H and O–H groups in total. The highest BCUT2D eigenvalue weighted by Gasteiger charge is 2.26. The summed E-state index contributed by atoms with van der Waals surface area (Å²) in [5.41, 5.74) is -0.458. The smallest absolute Gasteiger partial charge is 0.410 e. The van der Waals surface area contributed by atoms with Crippen LogP contribution in [0.15, 0.2) is 0 Å². The molecule has 1 rings (SSSR count). The molecule has 1 aliphatic rings. The van der Waals surface area contributed by atoms with Crippen molar-refractivity contribution >= 4 is 6.09 Å². The minimum absolute atomic E-state index is 0.254. The summed E-state index contributed by atoms with van der Waals surface area (Å²) in [5.74, 6) is 0. The van der Waals surface area contributed by atoms with Gasteiger partial charge in [-0.1, -0.05) is 13.3 Å². The van der Waals surface area contributed by atoms with Crippen molar-refractivity contribution in [3.63, 3.8) is 0 Å². The minimum Gasteiger partial charge on any atom is -0.444 e. The van der Waals surface area contributed by atoms with Crippen molar-refractivity contribution in [1.82, 2.24) is 9.80 Å². The zero-order valence-electron chi connectivity index (χ0n) is 14.5. The molecule has 0 aromatic rings. The topological polar surface area (TPSA) is 62.2 Å². The average molecular weight is 316 g/mol. The number of nitrogens with zero attached hydrogens (tertiary/aromatic N) is 2. The lowest BCUT2D eigenvalue weighted by molar-refractivity contribution is -0.00444. The number of carbonyl (C=O) groups is 1. The third-order valence-electron chi connectivity index (χ3n) is 3.45. The lowest BCUT2D eigenvalue weighted by Crippen LogP contribution is -2.51. The molecule has 1 fully saturated rings. The van der Waals surface area contributed by atoms with Crippen LogP contribution in [0.4, 0.5) is 4.79 Å². The number of hydrogen-bond donors (Lipinski definition) is 1. The van der Waals surface area contributed by atoms with Gasteiger partial charge in [0.1, 0.15) is 5.60 Å². The molecule has 1 amide bonds. The second-order valence-electron chi connectivity index (χ2n) is 6.85. The summed E-state index contributed by atoms with van der Waals surface area (Å²) in [6.07, 6.45) is 1.41. The van der Waals surface area contributed by atoms with Crippen molar-refractivity contribution in [1.29, 1.82) is 0 Å². The Kier molecular flexibility index (Phi) is 8.14. The highest BCUT2D eigenvalue weighted by atomic mass is 16.6. The van der Waals surface area contributed by atoms with Crippen molar-refractivity contribution in [3.8, 4) is 0 Å². The summed E-state index contributed by atoms with van der Waals surface area (Å²) in [5, 5.41) is 9.96. The Bertz CT molecular complexity index is 323. The van der Waals surface area contributed by atoms with Crippen LogP contribution in [-0.4, -0.2) is 78.6 Å². The summed E-state index contributed by atoms with van der Waals surface area (Å²) in [6, 6.07) is 0. The fourth-order valence-electron chi connectivity index (χ4n) is 2.26. The molecular weight excluding hydrogens is 284 g/mol. The van der Waals surface area contributed by atoms with Crippen LogP contribution < -0.4 is 0 Å². The van der Waals surface area contributed by atoms with E-state index in [9.17, 15) is 9.90 Å². The Morgan fingerprint density at radius 3 is 2.41 bits per heavy atom. The molecule has 0 radical (unpaired) electrons. The molecular formula is C16H32N2O4. The van der Waals surface area contributed by atoms with Crippen LogP contribution in [0.1, 0.15) is 40.5 Å². The van der Waals surface area contributed by atoms with Gasteiger partial charge >= 0.3 is 6.09 Å². The second-order valence-corrected chi connectivity index (χ2v) is 6.85. The van der Waals surface area contributed by atoms with Gasteiger partial charge in [0.15, 0.2) is 0 Å². The summed E-state index contributed by atoms with van der Waals surface area (Å²) in [4.78, 5) is 15.9. The monoisotopic (exact) mass is 316 g/mol. The predicted molar refractivity (Wildman–Crippen MR) is 86.0 cm³/mol. The molecule has 22 heavy (non-hydrogen) atoms. The number of ether oxygens (including phenoxy) is 2. The molecule has 0 saturated carbocycles. The third-order valence-corrected chi connectivity index (χ3v) is 3.45. The SMILES string of the molecule is CCCCOCC(O)CN1CCN(C(=O)OC(C)(C)C)CC1. The van der Waals surface area contributed by atoms with Gasteiger partial charge in [0.05, 0.1) is 12.7 Å². The van der Waals surface area contributed by atoms with E-state index in [2.05, 4.69) is 11.8 Å². The van der Waals surface area contributed by atoms with Gasteiger partial charge in [-0.15, -0.1) is 0 Å². The summed E-state index contributed by atoms with van der Waals surface area (Å²) >= 11 is 0. The van der Waals surface area contributed by atoms with Crippen LogP contribution in [0.5, 0.6) is 0 Å². The van der Waals surface area contributed by atoms with Gasteiger partial charge in [0.25, 0.3) is 0 Å². The van der Waals surface area contributed by atoms with Crippen molar-refractivity contribution in [2.75, 3.05) is 45.9 Å². The standard InChI is InChI=1S/C16H32N2O4/c1-5-6-11-21-13-14(19)12-17-7-9-18(10-8-17)15(20)22-16(2,3)4/h14,19H,5-13H2,1-4H3. The van der Waals surface area contributed by atoms with E-state index in [-0.39, 0.29) is 6.09 Å². The molecule has 1 aliphatic heterocycles. The predicted octanol–water partition coefficient (Wildman–Crippen LogP) is 1.72. The Morgan fingerprint density at radius 1 is 1.23 bits per heavy atom. The van der Waals surface area contributed by atoms with Gasteiger partial charge in [-0.3, -0.25) is 4.90 Å². The Hall–Kier alpha value is -0.850. The van der Waals surface area contributed by atoms with E-state index in [4.69, 9.17) is 9.47 Å². The number of aliphatic hydroxyl groups is 1. The van der Waals surface area contributed by atoms with Crippen LogP contribution in [0.3, 0.4) is 0 Å².